The maximum Gasteiger partial charge on any atom is 0.416 e. The van der Waals surface area contributed by atoms with Crippen molar-refractivity contribution >= 4 is 6.03 Å². The van der Waals surface area contributed by atoms with Crippen molar-refractivity contribution in [2.24, 2.45) is 0 Å². The SMILES string of the molecule is CC(C)NC(=O)N(Cc1nccn1Cc1cccc(C(F)(F)F)c1)C1CC1. The fraction of sp³-hybridized carbons (Fsp3) is 0.474. The summed E-state index contributed by atoms with van der Waals surface area (Å²) < 4.78 is 40.5. The summed E-state index contributed by atoms with van der Waals surface area (Å²) in [5.41, 5.74) is -0.133. The number of urea groups is 1. The van der Waals surface area contributed by atoms with Crippen LogP contribution in [0.2, 0.25) is 0 Å². The largest absolute Gasteiger partial charge is 0.416 e. The van der Waals surface area contributed by atoms with E-state index in [1.54, 1.807) is 27.9 Å². The molecule has 0 atom stereocenters. The van der Waals surface area contributed by atoms with Gasteiger partial charge in [0.2, 0.25) is 0 Å². The molecule has 8 heteroatoms. The molecule has 0 aliphatic heterocycles. The minimum atomic E-state index is -4.37. The van der Waals surface area contributed by atoms with E-state index < -0.39 is 11.7 Å². The van der Waals surface area contributed by atoms with Gasteiger partial charge in [-0.1, -0.05) is 12.1 Å². The summed E-state index contributed by atoms with van der Waals surface area (Å²) in [5.74, 6) is 0.651. The van der Waals surface area contributed by atoms with Crippen LogP contribution < -0.4 is 5.32 Å². The molecule has 2 aromatic rings. The number of aromatic nitrogens is 2. The van der Waals surface area contributed by atoms with Crippen LogP contribution in [0, 0.1) is 0 Å². The maximum atomic E-state index is 12.9. The first-order valence-electron chi connectivity index (χ1n) is 8.97. The number of nitrogens with zero attached hydrogens (tertiary/aromatic N) is 3. The summed E-state index contributed by atoms with van der Waals surface area (Å²) >= 11 is 0. The van der Waals surface area contributed by atoms with E-state index >= 15 is 0 Å². The Bertz CT molecular complexity index is 796. The van der Waals surface area contributed by atoms with Crippen LogP contribution in [0.15, 0.2) is 36.7 Å². The average Bonchev–Trinajstić information content (AvgIpc) is 3.32. The molecule has 1 aromatic heterocycles. The molecule has 5 nitrogen and oxygen atoms in total. The Kier molecular flexibility index (Phi) is 5.43. The van der Waals surface area contributed by atoms with Crippen LogP contribution in [0.25, 0.3) is 0 Å². The lowest BCUT2D eigenvalue weighted by Crippen LogP contribution is -2.44. The van der Waals surface area contributed by atoms with Gasteiger partial charge in [-0.3, -0.25) is 0 Å². The van der Waals surface area contributed by atoms with E-state index in [-0.39, 0.29) is 24.7 Å². The molecule has 1 heterocycles. The molecule has 0 unspecified atom stereocenters. The second-order valence-electron chi connectivity index (χ2n) is 7.13. The van der Waals surface area contributed by atoms with Crippen molar-refractivity contribution in [3.05, 3.63) is 53.6 Å². The monoisotopic (exact) mass is 380 g/mol. The summed E-state index contributed by atoms with van der Waals surface area (Å²) in [4.78, 5) is 18.5. The standard InChI is InChI=1S/C19H23F3N4O/c1-13(2)24-18(27)26(16-6-7-16)12-17-23-8-9-25(17)11-14-4-3-5-15(10-14)19(20,21)22/h3-5,8-10,13,16H,6-7,11-12H2,1-2H3,(H,24,27). The Balaban J connectivity index is 1.75. The number of amides is 2. The zero-order valence-corrected chi connectivity index (χ0v) is 15.3. The topological polar surface area (TPSA) is 50.2 Å². The quantitative estimate of drug-likeness (QED) is 0.823. The first-order valence-corrected chi connectivity index (χ1v) is 8.97. The molecular formula is C19H23F3N4O. The molecule has 1 N–H and O–H groups in total. The highest BCUT2D eigenvalue weighted by Gasteiger charge is 2.34. The highest BCUT2D eigenvalue weighted by Crippen LogP contribution is 2.30. The van der Waals surface area contributed by atoms with Crippen LogP contribution >= 0.6 is 0 Å². The van der Waals surface area contributed by atoms with Crippen molar-refractivity contribution in [1.82, 2.24) is 19.8 Å². The van der Waals surface area contributed by atoms with E-state index in [9.17, 15) is 18.0 Å². The van der Waals surface area contributed by atoms with Crippen LogP contribution in [-0.4, -0.2) is 32.6 Å². The van der Waals surface area contributed by atoms with Crippen LogP contribution in [0.1, 0.15) is 43.6 Å². The van der Waals surface area contributed by atoms with E-state index in [0.717, 1.165) is 25.0 Å². The predicted octanol–water partition coefficient (Wildman–Crippen LogP) is 4.03. The zero-order valence-electron chi connectivity index (χ0n) is 15.3. The molecule has 2 amide bonds. The van der Waals surface area contributed by atoms with E-state index in [4.69, 9.17) is 0 Å². The van der Waals surface area contributed by atoms with Crippen molar-refractivity contribution < 1.29 is 18.0 Å². The Labute approximate surface area is 156 Å². The third-order valence-corrected chi connectivity index (χ3v) is 4.38. The first kappa shape index (κ1) is 19.3. The fourth-order valence-corrected chi connectivity index (χ4v) is 2.91. The summed E-state index contributed by atoms with van der Waals surface area (Å²) in [6.07, 6.45) is 0.876. The third kappa shape index (κ3) is 5.02. The number of carbonyl (C=O) groups excluding carboxylic acids is 1. The third-order valence-electron chi connectivity index (χ3n) is 4.38. The smallest absolute Gasteiger partial charge is 0.336 e. The fourth-order valence-electron chi connectivity index (χ4n) is 2.91. The number of hydrogen-bond acceptors (Lipinski definition) is 2. The maximum absolute atomic E-state index is 12.9. The lowest BCUT2D eigenvalue weighted by molar-refractivity contribution is -0.137. The molecule has 3 rings (SSSR count). The van der Waals surface area contributed by atoms with Crippen molar-refractivity contribution in [3.63, 3.8) is 0 Å². The molecule has 27 heavy (non-hydrogen) atoms. The second-order valence-corrected chi connectivity index (χ2v) is 7.13. The Morgan fingerprint density at radius 2 is 2.11 bits per heavy atom. The number of halogens is 3. The van der Waals surface area contributed by atoms with Gasteiger partial charge in [0.1, 0.15) is 5.82 Å². The molecule has 0 saturated heterocycles. The van der Waals surface area contributed by atoms with Gasteiger partial charge in [-0.15, -0.1) is 0 Å². The Hall–Kier alpha value is -2.51. The van der Waals surface area contributed by atoms with Gasteiger partial charge in [0.25, 0.3) is 0 Å². The number of rotatable bonds is 6. The summed E-state index contributed by atoms with van der Waals surface area (Å²) in [5, 5.41) is 2.89. The molecule has 1 aliphatic rings. The number of hydrogen-bond donors (Lipinski definition) is 1. The van der Waals surface area contributed by atoms with Crippen molar-refractivity contribution in [1.29, 1.82) is 0 Å². The highest BCUT2D eigenvalue weighted by molar-refractivity contribution is 5.75. The molecule has 146 valence electrons. The molecule has 1 aliphatic carbocycles. The van der Waals surface area contributed by atoms with Gasteiger partial charge in [0, 0.05) is 31.0 Å². The van der Waals surface area contributed by atoms with Gasteiger partial charge in [-0.25, -0.2) is 9.78 Å². The number of imidazole rings is 1. The summed E-state index contributed by atoms with van der Waals surface area (Å²) in [6, 6.07) is 5.36. The highest BCUT2D eigenvalue weighted by atomic mass is 19.4. The molecule has 0 spiro atoms. The Morgan fingerprint density at radius 3 is 2.74 bits per heavy atom. The molecule has 0 radical (unpaired) electrons. The van der Waals surface area contributed by atoms with Gasteiger partial charge >= 0.3 is 12.2 Å². The Morgan fingerprint density at radius 1 is 1.37 bits per heavy atom. The van der Waals surface area contributed by atoms with Crippen LogP contribution in [0.5, 0.6) is 0 Å². The molecule has 1 saturated carbocycles. The van der Waals surface area contributed by atoms with E-state index in [1.807, 2.05) is 13.8 Å². The number of benzene rings is 1. The average molecular weight is 380 g/mol. The minimum Gasteiger partial charge on any atom is -0.336 e. The number of alkyl halides is 3. The molecular weight excluding hydrogens is 357 g/mol. The number of nitrogens with one attached hydrogen (secondary N) is 1. The molecule has 0 bridgehead atoms. The minimum absolute atomic E-state index is 0.0311. The normalized spacial score (nSPS) is 14.4. The zero-order chi connectivity index (χ0) is 19.6. The van der Waals surface area contributed by atoms with Crippen LogP contribution in [0.3, 0.4) is 0 Å². The first-order chi connectivity index (χ1) is 12.7. The van der Waals surface area contributed by atoms with Gasteiger partial charge in [-0.05, 0) is 44.4 Å². The van der Waals surface area contributed by atoms with Crippen molar-refractivity contribution in [2.45, 2.75) is 58.0 Å². The van der Waals surface area contributed by atoms with E-state index in [0.29, 0.717) is 17.9 Å². The van der Waals surface area contributed by atoms with Gasteiger partial charge in [-0.2, -0.15) is 13.2 Å². The van der Waals surface area contributed by atoms with Gasteiger partial charge in [0.15, 0.2) is 0 Å². The lowest BCUT2D eigenvalue weighted by atomic mass is 10.1. The van der Waals surface area contributed by atoms with Crippen molar-refractivity contribution in [2.75, 3.05) is 0 Å². The summed E-state index contributed by atoms with van der Waals surface area (Å²) in [7, 11) is 0. The van der Waals surface area contributed by atoms with E-state index in [2.05, 4.69) is 10.3 Å². The van der Waals surface area contributed by atoms with Crippen LogP contribution in [0.4, 0.5) is 18.0 Å². The van der Waals surface area contributed by atoms with Gasteiger partial charge < -0.3 is 14.8 Å². The predicted molar refractivity (Wildman–Crippen MR) is 95.0 cm³/mol. The van der Waals surface area contributed by atoms with E-state index in [1.165, 1.54) is 6.07 Å². The molecule has 1 aromatic carbocycles. The second kappa shape index (κ2) is 7.62. The number of carbonyl (C=O) groups is 1. The van der Waals surface area contributed by atoms with Crippen LogP contribution in [-0.2, 0) is 19.3 Å². The van der Waals surface area contributed by atoms with Crippen molar-refractivity contribution in [3.8, 4) is 0 Å². The summed E-state index contributed by atoms with van der Waals surface area (Å²) in [6.45, 7) is 4.40. The lowest BCUT2D eigenvalue weighted by Gasteiger charge is -2.24. The van der Waals surface area contributed by atoms with Gasteiger partial charge in [0.05, 0.1) is 12.1 Å². The molecule has 1 fully saturated rings.